The van der Waals surface area contributed by atoms with Gasteiger partial charge in [-0.15, -0.1) is 0 Å². The second kappa shape index (κ2) is 7.71. The molecule has 0 aromatic heterocycles. The highest BCUT2D eigenvalue weighted by Gasteiger charge is 2.47. The van der Waals surface area contributed by atoms with Crippen LogP contribution >= 0.6 is 0 Å². The predicted molar refractivity (Wildman–Crippen MR) is 104 cm³/mol. The molecule has 2 aliphatic heterocycles. The smallest absolute Gasteiger partial charge is 0.227 e. The summed E-state index contributed by atoms with van der Waals surface area (Å²) in [6, 6.07) is 7.31. The average Bonchev–Trinajstić information content (AvgIpc) is 2.79. The molecule has 0 saturated carbocycles. The predicted octanol–water partition coefficient (Wildman–Crippen LogP) is 0.190. The van der Waals surface area contributed by atoms with Gasteiger partial charge in [0.1, 0.15) is 5.75 Å². The molecular formula is C19H27N3O5S. The summed E-state index contributed by atoms with van der Waals surface area (Å²) in [5, 5.41) is 0. The van der Waals surface area contributed by atoms with Crippen molar-refractivity contribution in [3.8, 4) is 5.75 Å². The number of carbonyl (C=O) groups excluding carboxylic acids is 2. The number of methoxy groups -OCH3 is 1. The first-order valence-electron chi connectivity index (χ1n) is 9.22. The van der Waals surface area contributed by atoms with Crippen LogP contribution in [0, 0.1) is 5.41 Å². The lowest BCUT2D eigenvalue weighted by Crippen LogP contribution is -2.45. The summed E-state index contributed by atoms with van der Waals surface area (Å²) in [5.74, 6) is 0.640. The minimum Gasteiger partial charge on any atom is -0.497 e. The van der Waals surface area contributed by atoms with E-state index in [0.717, 1.165) is 11.3 Å². The number of likely N-dealkylation sites (tertiary alicyclic amines) is 1. The molecule has 1 spiro atoms. The Kier molecular flexibility index (Phi) is 5.67. The fourth-order valence-corrected chi connectivity index (χ4v) is 4.98. The number of hydrogen-bond donors (Lipinski definition) is 0. The van der Waals surface area contributed by atoms with Crippen LogP contribution < -0.4 is 4.74 Å². The van der Waals surface area contributed by atoms with Gasteiger partial charge in [0.25, 0.3) is 0 Å². The first-order chi connectivity index (χ1) is 13.1. The van der Waals surface area contributed by atoms with E-state index in [1.165, 1.54) is 10.6 Å². The molecule has 0 bridgehead atoms. The van der Waals surface area contributed by atoms with E-state index in [1.54, 1.807) is 24.0 Å². The molecule has 2 amide bonds. The third-order valence-corrected chi connectivity index (χ3v) is 6.77. The van der Waals surface area contributed by atoms with Gasteiger partial charge in [-0.1, -0.05) is 12.1 Å². The molecule has 2 fully saturated rings. The third kappa shape index (κ3) is 4.47. The van der Waals surface area contributed by atoms with E-state index in [1.807, 2.05) is 24.3 Å². The summed E-state index contributed by atoms with van der Waals surface area (Å²) < 4.78 is 30.9. The molecular weight excluding hydrogens is 382 g/mol. The number of hydrogen-bond acceptors (Lipinski definition) is 5. The summed E-state index contributed by atoms with van der Waals surface area (Å²) in [4.78, 5) is 28.5. The topological polar surface area (TPSA) is 87.2 Å². The third-order valence-electron chi connectivity index (χ3n) is 5.52. The van der Waals surface area contributed by atoms with Crippen LogP contribution in [0.3, 0.4) is 0 Å². The molecule has 9 heteroatoms. The highest BCUT2D eigenvalue weighted by Crippen LogP contribution is 2.35. The number of sulfonamides is 1. The van der Waals surface area contributed by atoms with E-state index >= 15 is 0 Å². The lowest BCUT2D eigenvalue weighted by Gasteiger charge is -2.32. The van der Waals surface area contributed by atoms with E-state index in [2.05, 4.69) is 0 Å². The van der Waals surface area contributed by atoms with E-state index in [0.29, 0.717) is 19.6 Å². The Bertz CT molecular complexity index is 855. The zero-order valence-corrected chi connectivity index (χ0v) is 17.4. The Balaban J connectivity index is 1.80. The van der Waals surface area contributed by atoms with Crippen LogP contribution in [0.2, 0.25) is 0 Å². The van der Waals surface area contributed by atoms with Gasteiger partial charge in [0.2, 0.25) is 21.8 Å². The molecule has 1 aromatic carbocycles. The minimum atomic E-state index is -3.41. The van der Waals surface area contributed by atoms with Crippen LogP contribution in [0.1, 0.15) is 12.0 Å². The van der Waals surface area contributed by atoms with Gasteiger partial charge in [0.05, 0.1) is 19.8 Å². The molecule has 2 aliphatic rings. The van der Waals surface area contributed by atoms with Crippen LogP contribution in [-0.2, 0) is 26.0 Å². The Morgan fingerprint density at radius 3 is 2.36 bits per heavy atom. The number of benzene rings is 1. The van der Waals surface area contributed by atoms with E-state index < -0.39 is 15.4 Å². The van der Waals surface area contributed by atoms with Gasteiger partial charge in [-0.25, -0.2) is 8.42 Å². The quantitative estimate of drug-likeness (QED) is 0.709. The highest BCUT2D eigenvalue weighted by molar-refractivity contribution is 7.88. The molecule has 0 aliphatic carbocycles. The second-order valence-corrected chi connectivity index (χ2v) is 9.85. The average molecular weight is 410 g/mol. The molecule has 1 unspecified atom stereocenters. The van der Waals surface area contributed by atoms with Gasteiger partial charge < -0.3 is 14.5 Å². The van der Waals surface area contributed by atoms with Crippen molar-refractivity contribution < 1.29 is 22.7 Å². The van der Waals surface area contributed by atoms with Gasteiger partial charge in [-0.2, -0.15) is 4.31 Å². The lowest BCUT2D eigenvalue weighted by atomic mass is 9.86. The van der Waals surface area contributed by atoms with E-state index in [9.17, 15) is 18.0 Å². The molecule has 0 N–H and O–H groups in total. The van der Waals surface area contributed by atoms with Crippen molar-refractivity contribution in [2.75, 3.05) is 53.1 Å². The van der Waals surface area contributed by atoms with Crippen molar-refractivity contribution in [2.45, 2.75) is 12.8 Å². The highest BCUT2D eigenvalue weighted by atomic mass is 32.2. The molecule has 154 valence electrons. The zero-order chi connectivity index (χ0) is 20.5. The molecule has 0 radical (unpaired) electrons. The largest absolute Gasteiger partial charge is 0.497 e. The molecule has 8 nitrogen and oxygen atoms in total. The summed E-state index contributed by atoms with van der Waals surface area (Å²) in [7, 11) is -0.106. The van der Waals surface area contributed by atoms with Crippen molar-refractivity contribution in [2.24, 2.45) is 5.41 Å². The minimum absolute atomic E-state index is 0.0158. The molecule has 2 saturated heterocycles. The van der Waals surface area contributed by atoms with Crippen LogP contribution in [0.4, 0.5) is 0 Å². The number of amides is 2. The number of ether oxygens (including phenoxy) is 1. The second-order valence-electron chi connectivity index (χ2n) is 7.86. The Morgan fingerprint density at radius 1 is 1.14 bits per heavy atom. The zero-order valence-electron chi connectivity index (χ0n) is 16.6. The molecule has 3 rings (SSSR count). The van der Waals surface area contributed by atoms with Crippen LogP contribution in [0.25, 0.3) is 0 Å². The van der Waals surface area contributed by atoms with Gasteiger partial charge in [0.15, 0.2) is 0 Å². The monoisotopic (exact) mass is 409 g/mol. The van der Waals surface area contributed by atoms with Crippen LogP contribution in [-0.4, -0.2) is 87.5 Å². The maximum Gasteiger partial charge on any atom is 0.227 e. The first-order valence-corrected chi connectivity index (χ1v) is 11.1. The van der Waals surface area contributed by atoms with Gasteiger partial charge in [-0.05, 0) is 17.7 Å². The van der Waals surface area contributed by atoms with Gasteiger partial charge >= 0.3 is 0 Å². The van der Waals surface area contributed by atoms with Crippen molar-refractivity contribution in [3.05, 3.63) is 29.8 Å². The van der Waals surface area contributed by atoms with Crippen molar-refractivity contribution in [1.82, 2.24) is 14.1 Å². The maximum atomic E-state index is 13.0. The molecule has 1 atom stereocenters. The number of carbonyl (C=O) groups is 2. The number of rotatable bonds is 4. The molecule has 1 aromatic rings. The Morgan fingerprint density at radius 2 is 1.82 bits per heavy atom. The normalized spacial score (nSPS) is 23.9. The standard InChI is InChI=1S/C19H27N3O5S/c1-20-12-19(11-18(20)24)13-21(8-9-22(14-19)28(3,25)26)17(23)10-15-4-6-16(27-2)7-5-15/h4-7H,8-14H2,1-3H3. The summed E-state index contributed by atoms with van der Waals surface area (Å²) >= 11 is 0. The van der Waals surface area contributed by atoms with Crippen LogP contribution in [0.15, 0.2) is 24.3 Å². The SMILES string of the molecule is COc1ccc(CC(=O)N2CCN(S(C)(=O)=O)CC3(CC(=O)N(C)C3)C2)cc1. The lowest BCUT2D eigenvalue weighted by molar-refractivity contribution is -0.132. The van der Waals surface area contributed by atoms with E-state index in [4.69, 9.17) is 4.74 Å². The fraction of sp³-hybridized carbons (Fsp3) is 0.579. The van der Waals surface area contributed by atoms with Crippen molar-refractivity contribution >= 4 is 21.8 Å². The maximum absolute atomic E-state index is 13.0. The Hall–Kier alpha value is -2.13. The Labute approximate surface area is 166 Å². The summed E-state index contributed by atoms with van der Waals surface area (Å²) in [6.07, 6.45) is 1.65. The van der Waals surface area contributed by atoms with E-state index in [-0.39, 0.29) is 37.7 Å². The van der Waals surface area contributed by atoms with Crippen molar-refractivity contribution in [3.63, 3.8) is 0 Å². The summed E-state index contributed by atoms with van der Waals surface area (Å²) in [5.41, 5.74) is 0.296. The van der Waals surface area contributed by atoms with Crippen LogP contribution in [0.5, 0.6) is 5.75 Å². The number of nitrogens with zero attached hydrogens (tertiary/aromatic N) is 3. The molecule has 2 heterocycles. The van der Waals surface area contributed by atoms with Crippen molar-refractivity contribution in [1.29, 1.82) is 0 Å². The first kappa shape index (κ1) is 20.6. The molecule has 28 heavy (non-hydrogen) atoms. The van der Waals surface area contributed by atoms with Gasteiger partial charge in [0, 0.05) is 51.6 Å². The fourth-order valence-electron chi connectivity index (χ4n) is 4.06. The summed E-state index contributed by atoms with van der Waals surface area (Å²) in [6.45, 7) is 1.65. The van der Waals surface area contributed by atoms with Gasteiger partial charge in [-0.3, -0.25) is 9.59 Å².